The van der Waals surface area contributed by atoms with Crippen LogP contribution in [0.5, 0.6) is 5.75 Å². The summed E-state index contributed by atoms with van der Waals surface area (Å²) in [4.78, 5) is 23.5. The van der Waals surface area contributed by atoms with Crippen molar-refractivity contribution in [3.63, 3.8) is 0 Å². The molecule has 0 aliphatic heterocycles. The fraction of sp³-hybridized carbons (Fsp3) is 0.300. The largest absolute Gasteiger partial charge is 0.485 e. The van der Waals surface area contributed by atoms with Crippen LogP contribution < -0.4 is 4.74 Å². The van der Waals surface area contributed by atoms with E-state index in [9.17, 15) is 14.0 Å². The molecule has 0 aromatic heterocycles. The summed E-state index contributed by atoms with van der Waals surface area (Å²) in [6.07, 6.45) is 4.44. The minimum absolute atomic E-state index is 0.0170. The van der Waals surface area contributed by atoms with Crippen molar-refractivity contribution >= 4 is 11.6 Å². The number of hydrogen-bond donors (Lipinski definition) is 0. The Morgan fingerprint density at radius 1 is 1.04 bits per heavy atom. The molecule has 0 atom stereocenters. The van der Waals surface area contributed by atoms with Crippen LogP contribution in [0.4, 0.5) is 4.39 Å². The van der Waals surface area contributed by atoms with Crippen molar-refractivity contribution in [1.82, 2.24) is 0 Å². The van der Waals surface area contributed by atoms with E-state index in [-0.39, 0.29) is 29.5 Å². The molecule has 0 unspecified atom stereocenters. The summed E-state index contributed by atoms with van der Waals surface area (Å²) in [5.74, 6) is -0.881. The second kappa shape index (κ2) is 6.95. The SMILES string of the molecule is CC(=O)c1ccc(OCC(=O)c2ccc3c(c2)CCCC3)cc1F. The van der Waals surface area contributed by atoms with Gasteiger partial charge in [-0.2, -0.15) is 0 Å². The molecular formula is C20H19FO3. The molecule has 0 bridgehead atoms. The molecule has 24 heavy (non-hydrogen) atoms. The first-order chi connectivity index (χ1) is 11.5. The molecule has 124 valence electrons. The highest BCUT2D eigenvalue weighted by atomic mass is 19.1. The zero-order valence-electron chi connectivity index (χ0n) is 13.6. The van der Waals surface area contributed by atoms with Crippen LogP contribution in [0.15, 0.2) is 36.4 Å². The van der Waals surface area contributed by atoms with Gasteiger partial charge < -0.3 is 4.74 Å². The van der Waals surface area contributed by atoms with Crippen molar-refractivity contribution in [1.29, 1.82) is 0 Å². The van der Waals surface area contributed by atoms with Crippen LogP contribution in [0.1, 0.15) is 51.6 Å². The molecule has 0 saturated carbocycles. The Balaban J connectivity index is 1.67. The molecule has 4 heteroatoms. The second-order valence-electron chi connectivity index (χ2n) is 6.10. The number of benzene rings is 2. The van der Waals surface area contributed by atoms with Crippen molar-refractivity contribution in [2.24, 2.45) is 0 Å². The quantitative estimate of drug-likeness (QED) is 0.775. The van der Waals surface area contributed by atoms with Gasteiger partial charge in [-0.15, -0.1) is 0 Å². The molecule has 0 amide bonds. The van der Waals surface area contributed by atoms with Crippen molar-refractivity contribution in [2.45, 2.75) is 32.6 Å². The number of rotatable bonds is 5. The number of halogens is 1. The van der Waals surface area contributed by atoms with Crippen LogP contribution in [-0.2, 0) is 12.8 Å². The Morgan fingerprint density at radius 2 is 1.79 bits per heavy atom. The van der Waals surface area contributed by atoms with Gasteiger partial charge in [-0.1, -0.05) is 12.1 Å². The van der Waals surface area contributed by atoms with Gasteiger partial charge in [0, 0.05) is 11.6 Å². The lowest BCUT2D eigenvalue weighted by molar-refractivity contribution is 0.0919. The third kappa shape index (κ3) is 3.53. The number of carbonyl (C=O) groups excluding carboxylic acids is 2. The van der Waals surface area contributed by atoms with E-state index in [1.165, 1.54) is 36.6 Å². The van der Waals surface area contributed by atoms with E-state index in [0.29, 0.717) is 5.56 Å². The zero-order valence-corrected chi connectivity index (χ0v) is 13.6. The summed E-state index contributed by atoms with van der Waals surface area (Å²) in [5, 5.41) is 0. The maximum Gasteiger partial charge on any atom is 0.200 e. The number of ketones is 2. The van der Waals surface area contributed by atoms with E-state index < -0.39 is 5.82 Å². The van der Waals surface area contributed by atoms with Crippen LogP contribution in [0.3, 0.4) is 0 Å². The molecule has 0 heterocycles. The summed E-state index contributed by atoms with van der Waals surface area (Å²) in [5.41, 5.74) is 3.20. The third-order valence-electron chi connectivity index (χ3n) is 4.36. The van der Waals surface area contributed by atoms with Crippen LogP contribution in [-0.4, -0.2) is 18.2 Å². The Labute approximate surface area is 140 Å². The van der Waals surface area contributed by atoms with Crippen LogP contribution in [0, 0.1) is 5.82 Å². The lowest BCUT2D eigenvalue weighted by atomic mass is 9.90. The number of aryl methyl sites for hydroxylation is 2. The Hall–Kier alpha value is -2.49. The van der Waals surface area contributed by atoms with E-state index in [0.717, 1.165) is 25.3 Å². The number of fused-ring (bicyclic) bond motifs is 1. The number of Topliss-reactive ketones (excluding diaryl/α,β-unsaturated/α-hetero) is 2. The second-order valence-corrected chi connectivity index (χ2v) is 6.10. The summed E-state index contributed by atoms with van der Waals surface area (Å²) < 4.78 is 19.1. The predicted octanol–water partition coefficient (Wildman–Crippen LogP) is 4.17. The maximum absolute atomic E-state index is 13.8. The van der Waals surface area contributed by atoms with Gasteiger partial charge in [0.2, 0.25) is 0 Å². The van der Waals surface area contributed by atoms with Crippen LogP contribution in [0.2, 0.25) is 0 Å². The Kier molecular flexibility index (Phi) is 4.74. The monoisotopic (exact) mass is 326 g/mol. The van der Waals surface area contributed by atoms with Crippen molar-refractivity contribution in [2.75, 3.05) is 6.61 Å². The lowest BCUT2D eigenvalue weighted by Gasteiger charge is -2.16. The van der Waals surface area contributed by atoms with Gasteiger partial charge in [-0.3, -0.25) is 9.59 Å². The van der Waals surface area contributed by atoms with Gasteiger partial charge in [0.15, 0.2) is 18.2 Å². The molecular weight excluding hydrogens is 307 g/mol. The normalized spacial score (nSPS) is 13.2. The van der Waals surface area contributed by atoms with Gasteiger partial charge in [0.1, 0.15) is 11.6 Å². The summed E-state index contributed by atoms with van der Waals surface area (Å²) in [6, 6.07) is 9.80. The summed E-state index contributed by atoms with van der Waals surface area (Å²) in [7, 11) is 0. The number of hydrogen-bond acceptors (Lipinski definition) is 3. The summed E-state index contributed by atoms with van der Waals surface area (Å²) >= 11 is 0. The molecule has 0 spiro atoms. The van der Waals surface area contributed by atoms with E-state index in [2.05, 4.69) is 0 Å². The summed E-state index contributed by atoms with van der Waals surface area (Å²) in [6.45, 7) is 1.15. The van der Waals surface area contributed by atoms with Crippen molar-refractivity contribution in [3.8, 4) is 5.75 Å². The molecule has 1 aliphatic carbocycles. The molecule has 1 aliphatic rings. The van der Waals surface area contributed by atoms with Gasteiger partial charge in [-0.25, -0.2) is 4.39 Å². The van der Waals surface area contributed by atoms with Crippen molar-refractivity contribution < 1.29 is 18.7 Å². The average molecular weight is 326 g/mol. The maximum atomic E-state index is 13.8. The highest BCUT2D eigenvalue weighted by Gasteiger charge is 2.14. The molecule has 2 aromatic rings. The first kappa shape index (κ1) is 16.4. The molecule has 0 saturated heterocycles. The predicted molar refractivity (Wildman–Crippen MR) is 89.3 cm³/mol. The van der Waals surface area contributed by atoms with E-state index in [4.69, 9.17) is 4.74 Å². The Morgan fingerprint density at radius 3 is 2.50 bits per heavy atom. The Bertz CT molecular complexity index is 795. The standard InChI is InChI=1S/C20H19FO3/c1-13(22)18-9-8-17(11-19(18)21)24-12-20(23)16-7-6-14-4-2-3-5-15(14)10-16/h6-11H,2-5,12H2,1H3. The fourth-order valence-electron chi connectivity index (χ4n) is 3.01. The minimum Gasteiger partial charge on any atom is -0.485 e. The number of ether oxygens (including phenoxy) is 1. The molecule has 0 fully saturated rings. The van der Waals surface area contributed by atoms with Crippen molar-refractivity contribution in [3.05, 3.63) is 64.5 Å². The molecule has 0 radical (unpaired) electrons. The smallest absolute Gasteiger partial charge is 0.200 e. The van der Waals surface area contributed by atoms with Crippen LogP contribution >= 0.6 is 0 Å². The number of carbonyl (C=O) groups is 2. The first-order valence-electron chi connectivity index (χ1n) is 8.13. The molecule has 0 N–H and O–H groups in total. The molecule has 2 aromatic carbocycles. The first-order valence-corrected chi connectivity index (χ1v) is 8.13. The molecule has 3 rings (SSSR count). The fourth-order valence-corrected chi connectivity index (χ4v) is 3.01. The topological polar surface area (TPSA) is 43.4 Å². The zero-order chi connectivity index (χ0) is 17.1. The highest BCUT2D eigenvalue weighted by molar-refractivity contribution is 5.97. The lowest BCUT2D eigenvalue weighted by Crippen LogP contribution is -2.13. The third-order valence-corrected chi connectivity index (χ3v) is 4.36. The van der Waals surface area contributed by atoms with Crippen LogP contribution in [0.25, 0.3) is 0 Å². The van der Waals surface area contributed by atoms with Gasteiger partial charge in [0.05, 0.1) is 5.56 Å². The average Bonchev–Trinajstić information content (AvgIpc) is 2.59. The van der Waals surface area contributed by atoms with Gasteiger partial charge in [0.25, 0.3) is 0 Å². The van der Waals surface area contributed by atoms with Gasteiger partial charge in [-0.05, 0) is 61.9 Å². The minimum atomic E-state index is -0.638. The van der Waals surface area contributed by atoms with E-state index in [1.807, 2.05) is 18.2 Å². The molecule has 3 nitrogen and oxygen atoms in total. The van der Waals surface area contributed by atoms with E-state index >= 15 is 0 Å². The van der Waals surface area contributed by atoms with Gasteiger partial charge >= 0.3 is 0 Å². The van der Waals surface area contributed by atoms with E-state index in [1.54, 1.807) is 0 Å². The highest BCUT2D eigenvalue weighted by Crippen LogP contribution is 2.23.